The minimum absolute atomic E-state index is 0.0557. The van der Waals surface area contributed by atoms with Crippen LogP contribution < -0.4 is 10.1 Å². The smallest absolute Gasteiger partial charge is 0.262 e. The fourth-order valence-corrected chi connectivity index (χ4v) is 7.11. The van der Waals surface area contributed by atoms with Gasteiger partial charge in [0.05, 0.1) is 0 Å². The molecule has 0 unspecified atom stereocenters. The van der Waals surface area contributed by atoms with Crippen molar-refractivity contribution in [1.29, 1.82) is 0 Å². The zero-order valence-electron chi connectivity index (χ0n) is 26.4. The number of anilines is 1. The van der Waals surface area contributed by atoms with E-state index < -0.39 is 5.92 Å². The Balaban J connectivity index is 1.60. The number of amides is 1. The summed E-state index contributed by atoms with van der Waals surface area (Å²) >= 11 is 6.58. The number of rotatable bonds is 7. The maximum atomic E-state index is 14.1. The van der Waals surface area contributed by atoms with E-state index in [-0.39, 0.29) is 34.9 Å². The summed E-state index contributed by atoms with van der Waals surface area (Å²) in [6.45, 7) is 15.1. The highest BCUT2D eigenvalue weighted by Crippen LogP contribution is 2.55. The van der Waals surface area contributed by atoms with Gasteiger partial charge in [0, 0.05) is 64.1 Å². The lowest BCUT2D eigenvalue weighted by molar-refractivity contribution is -0.120. The van der Waals surface area contributed by atoms with Gasteiger partial charge in [-0.2, -0.15) is 0 Å². The molecule has 7 heteroatoms. The normalized spacial score (nSPS) is 19.8. The van der Waals surface area contributed by atoms with E-state index in [1.165, 1.54) is 0 Å². The number of allylic oxidation sites excluding steroid dienone is 4. The summed E-state index contributed by atoms with van der Waals surface area (Å²) in [5.74, 6) is -0.331. The molecule has 43 heavy (non-hydrogen) atoms. The predicted molar refractivity (Wildman–Crippen MR) is 171 cm³/mol. The van der Waals surface area contributed by atoms with Gasteiger partial charge in [-0.1, -0.05) is 58.4 Å². The number of halogens is 1. The monoisotopic (exact) mass is 602 g/mol. The number of nitrogens with one attached hydrogen (secondary N) is 1. The Morgan fingerprint density at radius 1 is 0.930 bits per heavy atom. The first kappa shape index (κ1) is 31.1. The van der Waals surface area contributed by atoms with Gasteiger partial charge in [0.25, 0.3) is 5.91 Å². The fourth-order valence-electron chi connectivity index (χ4n) is 6.93. The summed E-state index contributed by atoms with van der Waals surface area (Å²) in [5.41, 5.74) is 6.38. The molecular weight excluding hydrogens is 560 g/mol. The lowest BCUT2D eigenvalue weighted by Gasteiger charge is -2.49. The van der Waals surface area contributed by atoms with Crippen LogP contribution in [0, 0.1) is 24.7 Å². The number of ether oxygens (including phenoxy) is 1. The molecule has 1 amide bonds. The van der Waals surface area contributed by atoms with Crippen molar-refractivity contribution in [3.05, 3.63) is 80.7 Å². The number of hydrogen-bond acceptors (Lipinski definition) is 5. The van der Waals surface area contributed by atoms with Crippen LogP contribution >= 0.6 is 11.6 Å². The molecule has 0 saturated heterocycles. The second-order valence-electron chi connectivity index (χ2n) is 14.0. The van der Waals surface area contributed by atoms with E-state index >= 15 is 0 Å². The van der Waals surface area contributed by atoms with Crippen LogP contribution in [0.5, 0.6) is 5.75 Å². The van der Waals surface area contributed by atoms with Crippen LogP contribution in [0.2, 0.25) is 5.02 Å². The third-order valence-electron chi connectivity index (χ3n) is 8.78. The van der Waals surface area contributed by atoms with Gasteiger partial charge in [-0.3, -0.25) is 14.4 Å². The van der Waals surface area contributed by atoms with Crippen LogP contribution in [-0.4, -0.2) is 35.5 Å². The van der Waals surface area contributed by atoms with Crippen molar-refractivity contribution in [2.24, 2.45) is 10.8 Å². The molecule has 0 aromatic heterocycles. The Hall–Kier alpha value is -3.38. The van der Waals surface area contributed by atoms with Crippen molar-refractivity contribution in [2.45, 2.75) is 86.5 Å². The van der Waals surface area contributed by atoms with E-state index in [0.29, 0.717) is 40.3 Å². The Labute approximate surface area is 260 Å². The van der Waals surface area contributed by atoms with E-state index in [4.69, 9.17) is 16.3 Å². The topological polar surface area (TPSA) is 75.7 Å². The molecule has 0 bridgehead atoms. The van der Waals surface area contributed by atoms with E-state index in [2.05, 4.69) is 44.8 Å². The number of hydrogen-bond donors (Lipinski definition) is 1. The molecule has 1 heterocycles. The van der Waals surface area contributed by atoms with Crippen molar-refractivity contribution in [2.75, 3.05) is 18.5 Å². The SMILES string of the molecule is CCCN1C2=C(C(=O)CC(C)(C)C2)C(c2cc(Cl)ccc2OCC(=O)Nc2cc(C)ccc2C)C2=C1CC(C)(C)CC2=O. The Morgan fingerprint density at radius 2 is 1.53 bits per heavy atom. The lowest BCUT2D eigenvalue weighted by Crippen LogP contribution is -2.44. The zero-order chi connectivity index (χ0) is 31.3. The molecule has 2 aromatic rings. The number of aryl methyl sites for hydroxylation is 2. The van der Waals surface area contributed by atoms with Gasteiger partial charge < -0.3 is 15.0 Å². The number of carbonyl (C=O) groups excluding carboxylic acids is 3. The first-order chi connectivity index (χ1) is 20.2. The minimum atomic E-state index is -0.596. The Morgan fingerprint density at radius 3 is 2.12 bits per heavy atom. The first-order valence-corrected chi connectivity index (χ1v) is 15.7. The lowest BCUT2D eigenvalue weighted by atomic mass is 9.63. The highest BCUT2D eigenvalue weighted by Gasteiger charge is 2.49. The second-order valence-corrected chi connectivity index (χ2v) is 14.5. The van der Waals surface area contributed by atoms with Gasteiger partial charge in [0.2, 0.25) is 0 Å². The average molecular weight is 603 g/mol. The third-order valence-corrected chi connectivity index (χ3v) is 9.01. The largest absolute Gasteiger partial charge is 0.483 e. The molecule has 2 aliphatic carbocycles. The number of carbonyl (C=O) groups is 3. The number of benzene rings is 2. The summed E-state index contributed by atoms with van der Waals surface area (Å²) in [5, 5.41) is 3.43. The van der Waals surface area contributed by atoms with Crippen molar-refractivity contribution in [1.82, 2.24) is 4.90 Å². The number of ketones is 2. The van der Waals surface area contributed by atoms with E-state index in [1.54, 1.807) is 18.2 Å². The molecule has 1 aliphatic heterocycles. The highest BCUT2D eigenvalue weighted by molar-refractivity contribution is 6.30. The van der Waals surface area contributed by atoms with Crippen LogP contribution in [0.15, 0.2) is 58.9 Å². The van der Waals surface area contributed by atoms with Gasteiger partial charge in [-0.05, 0) is 79.3 Å². The molecule has 3 aliphatic rings. The van der Waals surface area contributed by atoms with E-state index in [1.807, 2.05) is 32.0 Å². The standard InChI is InChI=1S/C36H43ClN2O4/c1-8-13-39-26-16-35(4,5)18-28(40)33(26)32(34-27(39)17-36(6,7)19-29(34)41)24-15-23(37)11-12-30(24)43-20-31(42)38-25-14-21(2)9-10-22(25)3/h9-12,14-15,32H,8,13,16-20H2,1-7H3,(H,38,42). The van der Waals surface area contributed by atoms with Gasteiger partial charge in [0.1, 0.15) is 5.75 Å². The van der Waals surface area contributed by atoms with Crippen LogP contribution in [0.3, 0.4) is 0 Å². The molecule has 228 valence electrons. The van der Waals surface area contributed by atoms with Gasteiger partial charge >= 0.3 is 0 Å². The molecule has 2 aromatic carbocycles. The molecule has 0 atom stereocenters. The van der Waals surface area contributed by atoms with Gasteiger partial charge in [-0.15, -0.1) is 0 Å². The molecule has 1 N–H and O–H groups in total. The molecule has 0 spiro atoms. The fraction of sp³-hybridized carbons (Fsp3) is 0.472. The van der Waals surface area contributed by atoms with Crippen molar-refractivity contribution >= 4 is 34.8 Å². The third kappa shape index (κ3) is 6.31. The summed E-state index contributed by atoms with van der Waals surface area (Å²) in [7, 11) is 0. The van der Waals surface area contributed by atoms with Crippen LogP contribution in [-0.2, 0) is 14.4 Å². The average Bonchev–Trinajstić information content (AvgIpc) is 2.89. The molecule has 0 fully saturated rings. The molecule has 5 rings (SSSR count). The molecule has 0 radical (unpaired) electrons. The maximum absolute atomic E-state index is 14.1. The van der Waals surface area contributed by atoms with Crippen molar-refractivity contribution < 1.29 is 19.1 Å². The number of Topliss-reactive ketones (excluding diaryl/α,β-unsaturated/α-hetero) is 2. The summed E-state index contributed by atoms with van der Waals surface area (Å²) in [4.78, 5) is 43.4. The van der Waals surface area contributed by atoms with Gasteiger partial charge in [0.15, 0.2) is 18.2 Å². The molecular formula is C36H43ClN2O4. The van der Waals surface area contributed by atoms with E-state index in [0.717, 1.165) is 54.0 Å². The molecule has 0 saturated carbocycles. The minimum Gasteiger partial charge on any atom is -0.483 e. The van der Waals surface area contributed by atoms with Crippen molar-refractivity contribution in [3.63, 3.8) is 0 Å². The van der Waals surface area contributed by atoms with E-state index in [9.17, 15) is 14.4 Å². The Bertz CT molecular complexity index is 1510. The Kier molecular flexibility index (Phi) is 8.38. The van der Waals surface area contributed by atoms with Crippen LogP contribution in [0.4, 0.5) is 5.69 Å². The molecule has 6 nitrogen and oxygen atoms in total. The zero-order valence-corrected chi connectivity index (χ0v) is 27.2. The van der Waals surface area contributed by atoms with Crippen molar-refractivity contribution in [3.8, 4) is 5.75 Å². The van der Waals surface area contributed by atoms with Gasteiger partial charge in [-0.25, -0.2) is 0 Å². The predicted octanol–water partition coefficient (Wildman–Crippen LogP) is 8.07. The highest BCUT2D eigenvalue weighted by atomic mass is 35.5. The quantitative estimate of drug-likeness (QED) is 0.347. The second kappa shape index (κ2) is 11.6. The summed E-state index contributed by atoms with van der Waals surface area (Å²) < 4.78 is 6.18. The summed E-state index contributed by atoms with van der Waals surface area (Å²) in [6.07, 6.45) is 3.18. The maximum Gasteiger partial charge on any atom is 0.262 e. The first-order valence-electron chi connectivity index (χ1n) is 15.3. The van der Waals surface area contributed by atoms with Crippen LogP contribution in [0.1, 0.15) is 89.3 Å². The van der Waals surface area contributed by atoms with Crippen LogP contribution in [0.25, 0.3) is 0 Å². The summed E-state index contributed by atoms with van der Waals surface area (Å²) in [6, 6.07) is 11.2. The number of nitrogens with zero attached hydrogens (tertiary/aromatic N) is 1.